The molecular formula is C27H41F3N4OS. The number of alkyl halides is 3. The summed E-state index contributed by atoms with van der Waals surface area (Å²) < 4.78 is 40.2. The molecule has 9 heteroatoms. The van der Waals surface area contributed by atoms with E-state index in [4.69, 9.17) is 5.73 Å². The van der Waals surface area contributed by atoms with Gasteiger partial charge in [-0.25, -0.2) is 0 Å². The Hall–Kier alpha value is -2.23. The molecule has 0 radical (unpaired) electrons. The van der Waals surface area contributed by atoms with Crippen molar-refractivity contribution in [1.82, 2.24) is 14.7 Å². The molecule has 5 nitrogen and oxygen atoms in total. The zero-order valence-electron chi connectivity index (χ0n) is 21.9. The van der Waals surface area contributed by atoms with Crippen molar-refractivity contribution in [3.63, 3.8) is 0 Å². The van der Waals surface area contributed by atoms with Crippen molar-refractivity contribution < 1.29 is 18.0 Å². The SMILES string of the molecule is C\C=C/C=C\C1=C(/C)N(CCCN(C)CCN(CC)CC(N)=O)/C=C/C/C(C(F)(F)F)=C\CC=CS1. The number of allylic oxidation sites excluding steroid dienone is 9. The zero-order chi connectivity index (χ0) is 27.0. The summed E-state index contributed by atoms with van der Waals surface area (Å²) in [5.41, 5.74) is 5.76. The van der Waals surface area contributed by atoms with Gasteiger partial charge in [0, 0.05) is 42.0 Å². The minimum absolute atomic E-state index is 0.162. The fraction of sp³-hybridized carbons (Fsp3) is 0.519. The Morgan fingerprint density at radius 2 is 1.97 bits per heavy atom. The number of carbonyl (C=O) groups is 1. The van der Waals surface area contributed by atoms with Crippen molar-refractivity contribution in [2.75, 3.05) is 46.3 Å². The number of hydrogen-bond acceptors (Lipinski definition) is 5. The number of nitrogens with two attached hydrogens (primary N) is 1. The maximum Gasteiger partial charge on any atom is 0.412 e. The first kappa shape index (κ1) is 31.8. The van der Waals surface area contributed by atoms with Crippen molar-refractivity contribution in [2.24, 2.45) is 5.73 Å². The number of rotatable bonds is 12. The van der Waals surface area contributed by atoms with E-state index in [0.717, 1.165) is 43.2 Å². The molecule has 0 aromatic rings. The number of nitrogens with zero attached hydrogens (tertiary/aromatic N) is 3. The van der Waals surface area contributed by atoms with E-state index in [1.807, 2.05) is 67.3 Å². The molecule has 2 N–H and O–H groups in total. The summed E-state index contributed by atoms with van der Waals surface area (Å²) in [5, 5.41) is 1.85. The lowest BCUT2D eigenvalue weighted by molar-refractivity contribution is -0.119. The largest absolute Gasteiger partial charge is 0.412 e. The van der Waals surface area contributed by atoms with E-state index in [1.54, 1.807) is 18.4 Å². The molecule has 202 valence electrons. The van der Waals surface area contributed by atoms with E-state index < -0.39 is 11.7 Å². The number of halogens is 3. The highest BCUT2D eigenvalue weighted by Gasteiger charge is 2.32. The molecule has 0 aliphatic carbocycles. The van der Waals surface area contributed by atoms with Crippen LogP contribution in [0.15, 0.2) is 70.3 Å². The summed E-state index contributed by atoms with van der Waals surface area (Å²) in [7, 11) is 2.03. The minimum Gasteiger partial charge on any atom is -0.369 e. The van der Waals surface area contributed by atoms with E-state index in [2.05, 4.69) is 4.90 Å². The van der Waals surface area contributed by atoms with Gasteiger partial charge in [-0.15, -0.1) is 0 Å². The van der Waals surface area contributed by atoms with Crippen LogP contribution < -0.4 is 5.73 Å². The van der Waals surface area contributed by atoms with Crippen LogP contribution in [0, 0.1) is 0 Å². The third-order valence-corrected chi connectivity index (χ3v) is 6.69. The fourth-order valence-corrected chi connectivity index (χ4v) is 4.31. The highest BCUT2D eigenvalue weighted by atomic mass is 32.2. The number of thioether (sulfide) groups is 1. The van der Waals surface area contributed by atoms with Crippen LogP contribution in [0.5, 0.6) is 0 Å². The standard InChI is InChI=1S/C27H41F3N4OS/c1-5-7-8-15-25-23(3)34(17-11-14-24(27(28,29)30)13-9-10-21-36-25)18-12-16-32(4)19-20-33(6-2)22-26(31)35/h5,7-8,10-11,13,15,17,21H,6,9,12,14,16,18-20,22H2,1-4H3,(H2,31,35)/b7-5-,15-8-,17-11+,21-10?,24-13+,25-23-. The van der Waals surface area contributed by atoms with Gasteiger partial charge < -0.3 is 15.5 Å². The Kier molecular flexibility index (Phi) is 15.3. The number of carbonyl (C=O) groups excluding carboxylic acids is 1. The Morgan fingerprint density at radius 1 is 1.22 bits per heavy atom. The third kappa shape index (κ3) is 13.2. The lowest BCUT2D eigenvalue weighted by Gasteiger charge is -2.26. The molecule has 0 saturated carbocycles. The molecule has 0 fully saturated rings. The molecule has 1 aliphatic rings. The first-order chi connectivity index (χ1) is 17.1. The Morgan fingerprint density at radius 3 is 2.61 bits per heavy atom. The van der Waals surface area contributed by atoms with Crippen molar-refractivity contribution in [2.45, 2.75) is 46.2 Å². The molecule has 0 bridgehead atoms. The van der Waals surface area contributed by atoms with Crippen LogP contribution >= 0.6 is 11.8 Å². The summed E-state index contributed by atoms with van der Waals surface area (Å²) in [5.74, 6) is -0.334. The normalized spacial score (nSPS) is 20.7. The van der Waals surface area contributed by atoms with E-state index in [-0.39, 0.29) is 25.3 Å². The molecule has 0 spiro atoms. The van der Waals surface area contributed by atoms with Gasteiger partial charge in [0.2, 0.25) is 5.91 Å². The maximum absolute atomic E-state index is 13.4. The van der Waals surface area contributed by atoms with Gasteiger partial charge in [0.15, 0.2) is 0 Å². The molecule has 0 saturated heterocycles. The number of likely N-dealkylation sites (N-methyl/N-ethyl adjacent to an activating group) is 2. The molecule has 0 aromatic carbocycles. The summed E-state index contributed by atoms with van der Waals surface area (Å²) in [6, 6.07) is 0. The van der Waals surface area contributed by atoms with Crippen molar-refractivity contribution in [3.05, 3.63) is 70.3 Å². The Labute approximate surface area is 218 Å². The smallest absolute Gasteiger partial charge is 0.369 e. The van der Waals surface area contributed by atoms with Crippen LogP contribution in [-0.4, -0.2) is 73.1 Å². The summed E-state index contributed by atoms with van der Waals surface area (Å²) in [6.45, 7) is 9.97. The molecule has 0 atom stereocenters. The van der Waals surface area contributed by atoms with E-state index >= 15 is 0 Å². The predicted molar refractivity (Wildman–Crippen MR) is 146 cm³/mol. The topological polar surface area (TPSA) is 52.8 Å². The molecule has 1 aliphatic heterocycles. The van der Waals surface area contributed by atoms with Crippen molar-refractivity contribution >= 4 is 17.7 Å². The van der Waals surface area contributed by atoms with Gasteiger partial charge in [0.25, 0.3) is 0 Å². The molecule has 1 rings (SSSR count). The summed E-state index contributed by atoms with van der Waals surface area (Å²) in [4.78, 5) is 18.5. The lowest BCUT2D eigenvalue weighted by Crippen LogP contribution is -2.39. The van der Waals surface area contributed by atoms with Gasteiger partial charge in [-0.1, -0.05) is 55.1 Å². The third-order valence-electron chi connectivity index (χ3n) is 5.68. The van der Waals surface area contributed by atoms with E-state index in [1.165, 1.54) is 17.8 Å². The predicted octanol–water partition coefficient (Wildman–Crippen LogP) is 5.82. The van der Waals surface area contributed by atoms with Crippen LogP contribution in [-0.2, 0) is 4.79 Å². The van der Waals surface area contributed by atoms with Crippen LogP contribution in [0.2, 0.25) is 0 Å². The number of amides is 1. The molecular weight excluding hydrogens is 485 g/mol. The van der Waals surface area contributed by atoms with Crippen LogP contribution in [0.4, 0.5) is 13.2 Å². The van der Waals surface area contributed by atoms with Gasteiger partial charge in [0.05, 0.1) is 6.54 Å². The monoisotopic (exact) mass is 526 g/mol. The van der Waals surface area contributed by atoms with Crippen molar-refractivity contribution in [3.8, 4) is 0 Å². The highest BCUT2D eigenvalue weighted by molar-refractivity contribution is 8.06. The molecule has 1 heterocycles. The summed E-state index contributed by atoms with van der Waals surface area (Å²) >= 11 is 1.50. The Balaban J connectivity index is 2.96. The molecule has 36 heavy (non-hydrogen) atoms. The van der Waals surface area contributed by atoms with E-state index in [0.29, 0.717) is 6.54 Å². The summed E-state index contributed by atoms with van der Waals surface area (Å²) in [6.07, 6.45) is 10.8. The molecule has 0 aromatic heterocycles. The van der Waals surface area contributed by atoms with Gasteiger partial charge in [-0.05, 0) is 64.7 Å². The lowest BCUT2D eigenvalue weighted by atomic mass is 10.1. The van der Waals surface area contributed by atoms with Crippen LogP contribution in [0.1, 0.15) is 40.0 Å². The Bertz CT molecular complexity index is 860. The average Bonchev–Trinajstić information content (AvgIpc) is 2.80. The second kappa shape index (κ2) is 17.3. The van der Waals surface area contributed by atoms with Gasteiger partial charge in [-0.3, -0.25) is 9.69 Å². The van der Waals surface area contributed by atoms with Crippen LogP contribution in [0.25, 0.3) is 0 Å². The van der Waals surface area contributed by atoms with Crippen LogP contribution in [0.3, 0.4) is 0 Å². The average molecular weight is 527 g/mol. The number of hydrogen-bond donors (Lipinski definition) is 1. The van der Waals surface area contributed by atoms with Gasteiger partial charge in [0.1, 0.15) is 0 Å². The van der Waals surface area contributed by atoms with Gasteiger partial charge in [-0.2, -0.15) is 13.2 Å². The quantitative estimate of drug-likeness (QED) is 0.256. The number of primary amides is 1. The zero-order valence-corrected chi connectivity index (χ0v) is 22.7. The first-order valence-electron chi connectivity index (χ1n) is 12.3. The second-order valence-electron chi connectivity index (χ2n) is 8.56. The van der Waals surface area contributed by atoms with E-state index in [9.17, 15) is 18.0 Å². The second-order valence-corrected chi connectivity index (χ2v) is 9.51. The first-order valence-corrected chi connectivity index (χ1v) is 13.2. The maximum atomic E-state index is 13.4. The van der Waals surface area contributed by atoms with Crippen molar-refractivity contribution in [1.29, 1.82) is 0 Å². The minimum atomic E-state index is -4.34. The van der Waals surface area contributed by atoms with Gasteiger partial charge >= 0.3 is 6.18 Å². The molecule has 0 unspecified atom stereocenters. The molecule has 1 amide bonds. The fourth-order valence-electron chi connectivity index (χ4n) is 3.51. The highest BCUT2D eigenvalue weighted by Crippen LogP contribution is 2.31.